The van der Waals surface area contributed by atoms with Gasteiger partial charge in [-0.3, -0.25) is 0 Å². The molecule has 2 rings (SSSR count). The van der Waals surface area contributed by atoms with E-state index in [-0.39, 0.29) is 17.5 Å². The first kappa shape index (κ1) is 12.7. The number of sulfone groups is 1. The zero-order chi connectivity index (χ0) is 13.2. The van der Waals surface area contributed by atoms with Crippen LogP contribution in [0, 0.1) is 0 Å². The zero-order valence-corrected chi connectivity index (χ0v) is 10.6. The van der Waals surface area contributed by atoms with Gasteiger partial charge in [-0.05, 0) is 5.56 Å². The Kier molecular flexibility index (Phi) is 3.44. The van der Waals surface area contributed by atoms with E-state index >= 15 is 0 Å². The van der Waals surface area contributed by atoms with E-state index in [2.05, 4.69) is 10.2 Å². The summed E-state index contributed by atoms with van der Waals surface area (Å²) in [7, 11) is -3.19. The highest BCUT2D eigenvalue weighted by atomic mass is 32.2. The fraction of sp³-hybridized carbons (Fsp3) is 0.273. The Labute approximate surface area is 105 Å². The van der Waals surface area contributed by atoms with E-state index in [0.717, 1.165) is 11.8 Å². The minimum Gasteiger partial charge on any atom is -0.422 e. The molecule has 1 aromatic carbocycles. The molecular formula is C11H13N3O3S. The second kappa shape index (κ2) is 4.87. The van der Waals surface area contributed by atoms with Crippen LogP contribution >= 0.6 is 0 Å². The van der Waals surface area contributed by atoms with E-state index < -0.39 is 15.9 Å². The molecule has 6 nitrogen and oxygen atoms in total. The summed E-state index contributed by atoms with van der Waals surface area (Å²) in [6.07, 6.45) is 1.11. The summed E-state index contributed by atoms with van der Waals surface area (Å²) < 4.78 is 27.4. The fourth-order valence-electron chi connectivity index (χ4n) is 1.48. The molecule has 1 unspecified atom stereocenters. The summed E-state index contributed by atoms with van der Waals surface area (Å²) in [4.78, 5) is 0. The van der Waals surface area contributed by atoms with Gasteiger partial charge < -0.3 is 10.2 Å². The minimum absolute atomic E-state index is 0.0545. The molecule has 96 valence electrons. The van der Waals surface area contributed by atoms with E-state index in [1.54, 1.807) is 0 Å². The van der Waals surface area contributed by atoms with Crippen LogP contribution < -0.4 is 5.73 Å². The van der Waals surface area contributed by atoms with Gasteiger partial charge >= 0.3 is 0 Å². The Balaban J connectivity index is 2.20. The number of benzene rings is 1. The maximum Gasteiger partial charge on any atom is 0.237 e. The average Bonchev–Trinajstić information content (AvgIpc) is 2.75. The van der Waals surface area contributed by atoms with Gasteiger partial charge in [0.2, 0.25) is 11.8 Å². The summed E-state index contributed by atoms with van der Waals surface area (Å²) in [5, 5.41) is 7.44. The smallest absolute Gasteiger partial charge is 0.237 e. The van der Waals surface area contributed by atoms with Crippen LogP contribution in [0.4, 0.5) is 0 Å². The van der Waals surface area contributed by atoms with E-state index in [0.29, 0.717) is 0 Å². The molecule has 1 atom stereocenters. The zero-order valence-electron chi connectivity index (χ0n) is 9.78. The molecule has 0 bridgehead atoms. The first-order chi connectivity index (χ1) is 8.46. The van der Waals surface area contributed by atoms with Gasteiger partial charge in [-0.2, -0.15) is 0 Å². The van der Waals surface area contributed by atoms with Crippen molar-refractivity contribution in [2.24, 2.45) is 5.73 Å². The van der Waals surface area contributed by atoms with Gasteiger partial charge in [-0.25, -0.2) is 8.42 Å². The van der Waals surface area contributed by atoms with Crippen molar-refractivity contribution in [2.45, 2.75) is 11.8 Å². The van der Waals surface area contributed by atoms with Gasteiger partial charge in [0.1, 0.15) is 11.8 Å². The lowest BCUT2D eigenvalue weighted by Crippen LogP contribution is -2.12. The molecule has 7 heteroatoms. The lowest BCUT2D eigenvalue weighted by atomic mass is 10.1. The van der Waals surface area contributed by atoms with Gasteiger partial charge in [0.15, 0.2) is 9.84 Å². The van der Waals surface area contributed by atoms with Crippen molar-refractivity contribution in [1.82, 2.24) is 10.2 Å². The Bertz CT molecular complexity index is 622. The fourth-order valence-corrected chi connectivity index (χ4v) is 2.04. The van der Waals surface area contributed by atoms with Gasteiger partial charge in [0.25, 0.3) is 0 Å². The van der Waals surface area contributed by atoms with Gasteiger partial charge in [-0.1, -0.05) is 30.3 Å². The van der Waals surface area contributed by atoms with Crippen LogP contribution in [-0.2, 0) is 15.6 Å². The lowest BCUT2D eigenvalue weighted by molar-refractivity contribution is 0.445. The van der Waals surface area contributed by atoms with Crippen molar-refractivity contribution < 1.29 is 12.8 Å². The molecule has 1 heterocycles. The number of hydrogen-bond acceptors (Lipinski definition) is 6. The summed E-state index contributed by atoms with van der Waals surface area (Å²) >= 11 is 0. The predicted octanol–water partition coefficient (Wildman–Crippen LogP) is 0.662. The molecule has 1 aromatic heterocycles. The van der Waals surface area contributed by atoms with Crippen molar-refractivity contribution >= 4 is 9.84 Å². The SMILES string of the molecule is CS(=O)(=O)Cc1nnc(C(N)c2ccccc2)o1. The third kappa shape index (κ3) is 3.14. The van der Waals surface area contributed by atoms with Gasteiger partial charge in [-0.15, -0.1) is 10.2 Å². The number of nitrogens with two attached hydrogens (primary N) is 1. The van der Waals surface area contributed by atoms with Crippen LogP contribution in [0.5, 0.6) is 0 Å². The highest BCUT2D eigenvalue weighted by molar-refractivity contribution is 7.89. The van der Waals surface area contributed by atoms with Gasteiger partial charge in [0, 0.05) is 6.26 Å². The number of nitrogens with zero attached hydrogens (tertiary/aromatic N) is 2. The normalized spacial score (nSPS) is 13.4. The summed E-state index contributed by atoms with van der Waals surface area (Å²) in [6, 6.07) is 8.70. The Morgan fingerprint density at radius 2 is 1.94 bits per heavy atom. The van der Waals surface area contributed by atoms with Crippen LogP contribution in [0.25, 0.3) is 0 Å². The van der Waals surface area contributed by atoms with Crippen molar-refractivity contribution in [2.75, 3.05) is 6.26 Å². The van der Waals surface area contributed by atoms with Crippen LogP contribution in [-0.4, -0.2) is 24.9 Å². The Morgan fingerprint density at radius 3 is 2.56 bits per heavy atom. The molecule has 0 aliphatic carbocycles. The summed E-state index contributed by atoms with van der Waals surface area (Å²) in [5.41, 5.74) is 6.77. The number of hydrogen-bond donors (Lipinski definition) is 1. The molecule has 0 radical (unpaired) electrons. The van der Waals surface area contributed by atoms with Crippen molar-refractivity contribution in [1.29, 1.82) is 0 Å². The minimum atomic E-state index is -3.19. The predicted molar refractivity (Wildman–Crippen MR) is 65.3 cm³/mol. The first-order valence-electron chi connectivity index (χ1n) is 5.26. The molecule has 0 fully saturated rings. The van der Waals surface area contributed by atoms with Crippen LogP contribution in [0.15, 0.2) is 34.7 Å². The third-order valence-corrected chi connectivity index (χ3v) is 3.06. The van der Waals surface area contributed by atoms with E-state index in [1.807, 2.05) is 30.3 Å². The molecule has 0 saturated carbocycles. The topological polar surface area (TPSA) is 99.1 Å². The van der Waals surface area contributed by atoms with Crippen molar-refractivity contribution in [3.8, 4) is 0 Å². The highest BCUT2D eigenvalue weighted by Gasteiger charge is 2.18. The first-order valence-corrected chi connectivity index (χ1v) is 7.32. The summed E-state index contributed by atoms with van der Waals surface area (Å²) in [5.74, 6) is -0.0136. The molecule has 0 spiro atoms. The second-order valence-corrected chi connectivity index (χ2v) is 6.13. The molecule has 18 heavy (non-hydrogen) atoms. The standard InChI is InChI=1S/C11H13N3O3S/c1-18(15,16)7-9-13-14-11(17-9)10(12)8-5-3-2-4-6-8/h2-6,10H,7,12H2,1H3. The van der Waals surface area contributed by atoms with Crippen LogP contribution in [0.2, 0.25) is 0 Å². The quantitative estimate of drug-likeness (QED) is 0.873. The molecule has 0 aliphatic heterocycles. The van der Waals surface area contributed by atoms with Crippen LogP contribution in [0.1, 0.15) is 23.4 Å². The average molecular weight is 267 g/mol. The van der Waals surface area contributed by atoms with E-state index in [9.17, 15) is 8.42 Å². The maximum absolute atomic E-state index is 11.1. The Hall–Kier alpha value is -1.73. The van der Waals surface area contributed by atoms with Gasteiger partial charge in [0.05, 0.1) is 0 Å². The number of aromatic nitrogens is 2. The molecule has 0 aliphatic rings. The molecule has 2 N–H and O–H groups in total. The third-order valence-electron chi connectivity index (χ3n) is 2.29. The van der Waals surface area contributed by atoms with Crippen molar-refractivity contribution in [3.05, 3.63) is 47.7 Å². The monoisotopic (exact) mass is 267 g/mol. The van der Waals surface area contributed by atoms with Crippen molar-refractivity contribution in [3.63, 3.8) is 0 Å². The lowest BCUT2D eigenvalue weighted by Gasteiger charge is -2.06. The molecule has 0 saturated heterocycles. The maximum atomic E-state index is 11.1. The van der Waals surface area contributed by atoms with E-state index in [1.165, 1.54) is 0 Å². The van der Waals surface area contributed by atoms with Crippen LogP contribution in [0.3, 0.4) is 0 Å². The second-order valence-electron chi connectivity index (χ2n) is 3.99. The van der Waals surface area contributed by atoms with E-state index in [4.69, 9.17) is 10.2 Å². The Morgan fingerprint density at radius 1 is 1.28 bits per heavy atom. The number of rotatable bonds is 4. The molecular weight excluding hydrogens is 254 g/mol. The summed E-state index contributed by atoms with van der Waals surface area (Å²) in [6.45, 7) is 0. The highest BCUT2D eigenvalue weighted by Crippen LogP contribution is 2.18. The largest absolute Gasteiger partial charge is 0.422 e. The molecule has 0 amide bonds. The molecule has 2 aromatic rings.